The van der Waals surface area contributed by atoms with Gasteiger partial charge in [-0.05, 0) is 76.8 Å². The van der Waals surface area contributed by atoms with Crippen LogP contribution in [0.25, 0.3) is 64.6 Å². The fourth-order valence-electron chi connectivity index (χ4n) is 5.37. The lowest BCUT2D eigenvalue weighted by atomic mass is 9.95. The molecular formula is C42H46. The third kappa shape index (κ3) is 6.55. The summed E-state index contributed by atoms with van der Waals surface area (Å²) in [6.07, 6.45) is 0. The van der Waals surface area contributed by atoms with E-state index in [1.54, 1.807) is 0 Å². The molecule has 0 radical (unpaired) electrons. The highest BCUT2D eigenvalue weighted by molar-refractivity contribution is 6.22. The maximum atomic E-state index is 2.30. The molecule has 0 unspecified atom stereocenters. The molecule has 0 atom stereocenters. The van der Waals surface area contributed by atoms with E-state index in [1.165, 1.54) is 64.6 Å². The lowest BCUT2D eigenvalue weighted by Gasteiger charge is -2.09. The Morgan fingerprint density at radius 2 is 0.571 bits per heavy atom. The quantitative estimate of drug-likeness (QED) is 0.130. The normalized spacial score (nSPS) is 9.90. The van der Waals surface area contributed by atoms with Crippen LogP contribution < -0.4 is 0 Å². The Labute approximate surface area is 253 Å². The standard InChI is InChI=1S/C18H12.C16H10.4C2H6/c1-2-7-15-12-18-16(11-14(15)6-1)10-9-13-5-3-4-8-17(13)18;1-3-11-7-9-13-5-2-6-14-10-8-12(4-1)15(11)16(13)14;4*1-2/h1-12H;1-10H;4*1-2H3. The number of rotatable bonds is 0. The van der Waals surface area contributed by atoms with Crippen LogP contribution in [0.15, 0.2) is 133 Å². The van der Waals surface area contributed by atoms with E-state index in [0.29, 0.717) is 0 Å². The van der Waals surface area contributed by atoms with Gasteiger partial charge in [-0.2, -0.15) is 0 Å². The molecule has 0 fully saturated rings. The maximum Gasteiger partial charge on any atom is -0.00268 e. The molecule has 8 rings (SSSR count). The predicted octanol–water partition coefficient (Wildman–Crippen LogP) is 13.8. The zero-order valence-corrected chi connectivity index (χ0v) is 26.7. The van der Waals surface area contributed by atoms with Gasteiger partial charge in [0.1, 0.15) is 0 Å². The van der Waals surface area contributed by atoms with Gasteiger partial charge in [0, 0.05) is 0 Å². The van der Waals surface area contributed by atoms with Crippen LogP contribution in [-0.4, -0.2) is 0 Å². The van der Waals surface area contributed by atoms with Crippen molar-refractivity contribution >= 4 is 64.6 Å². The first-order valence-electron chi connectivity index (χ1n) is 15.8. The fraction of sp³-hybridized carbons (Fsp3) is 0.190. The van der Waals surface area contributed by atoms with Crippen molar-refractivity contribution in [3.05, 3.63) is 133 Å². The minimum atomic E-state index is 1.31. The van der Waals surface area contributed by atoms with Crippen molar-refractivity contribution in [1.82, 2.24) is 0 Å². The molecule has 0 nitrogen and oxygen atoms in total. The van der Waals surface area contributed by atoms with Crippen molar-refractivity contribution in [2.75, 3.05) is 0 Å². The van der Waals surface area contributed by atoms with Crippen molar-refractivity contribution in [1.29, 1.82) is 0 Å². The van der Waals surface area contributed by atoms with E-state index in [0.717, 1.165) is 0 Å². The Morgan fingerprint density at radius 1 is 0.238 bits per heavy atom. The molecule has 42 heavy (non-hydrogen) atoms. The fourth-order valence-corrected chi connectivity index (χ4v) is 5.37. The van der Waals surface area contributed by atoms with Crippen LogP contribution in [-0.2, 0) is 0 Å². The smallest absolute Gasteiger partial charge is 0.00268 e. The summed E-state index contributed by atoms with van der Waals surface area (Å²) < 4.78 is 0. The second kappa shape index (κ2) is 16.1. The molecule has 8 aromatic carbocycles. The van der Waals surface area contributed by atoms with Crippen LogP contribution >= 0.6 is 0 Å². The zero-order valence-electron chi connectivity index (χ0n) is 26.7. The van der Waals surface area contributed by atoms with Crippen molar-refractivity contribution < 1.29 is 0 Å². The molecule has 214 valence electrons. The Balaban J connectivity index is 0.000000188. The molecule has 0 saturated heterocycles. The van der Waals surface area contributed by atoms with Gasteiger partial charge in [-0.25, -0.2) is 0 Å². The Bertz CT molecular complexity index is 1820. The van der Waals surface area contributed by atoms with Crippen LogP contribution in [0.3, 0.4) is 0 Å². The number of benzene rings is 8. The molecule has 0 aliphatic heterocycles. The van der Waals surface area contributed by atoms with E-state index >= 15 is 0 Å². The first kappa shape index (κ1) is 32.1. The second-order valence-electron chi connectivity index (χ2n) is 9.00. The van der Waals surface area contributed by atoms with Gasteiger partial charge in [0.2, 0.25) is 0 Å². The molecule has 0 spiro atoms. The van der Waals surface area contributed by atoms with E-state index in [9.17, 15) is 0 Å². The van der Waals surface area contributed by atoms with Crippen LogP contribution in [0.1, 0.15) is 55.4 Å². The van der Waals surface area contributed by atoms with Gasteiger partial charge in [0.05, 0.1) is 0 Å². The SMILES string of the molecule is CC.CC.CC.CC.c1cc2ccc3cccc4ccc(c1)c2c34.c1ccc2cc3c(ccc4ccccc43)cc2c1. The molecule has 0 aromatic heterocycles. The highest BCUT2D eigenvalue weighted by Crippen LogP contribution is 2.34. The number of hydrogen-bond acceptors (Lipinski definition) is 0. The lowest BCUT2D eigenvalue weighted by Crippen LogP contribution is -1.82. The van der Waals surface area contributed by atoms with Crippen LogP contribution in [0, 0.1) is 0 Å². The van der Waals surface area contributed by atoms with Crippen molar-refractivity contribution in [3.8, 4) is 0 Å². The summed E-state index contributed by atoms with van der Waals surface area (Å²) in [5.41, 5.74) is 0. The highest BCUT2D eigenvalue weighted by atomic mass is 14.1. The third-order valence-corrected chi connectivity index (χ3v) is 7.00. The van der Waals surface area contributed by atoms with Gasteiger partial charge in [0.15, 0.2) is 0 Å². The summed E-state index contributed by atoms with van der Waals surface area (Å²) in [5, 5.41) is 16.0. The van der Waals surface area contributed by atoms with Crippen LogP contribution in [0.4, 0.5) is 0 Å². The van der Waals surface area contributed by atoms with Crippen molar-refractivity contribution in [2.24, 2.45) is 0 Å². The van der Waals surface area contributed by atoms with E-state index < -0.39 is 0 Å². The van der Waals surface area contributed by atoms with Crippen LogP contribution in [0.2, 0.25) is 0 Å². The molecule has 0 bridgehead atoms. The monoisotopic (exact) mass is 550 g/mol. The van der Waals surface area contributed by atoms with E-state index in [2.05, 4.69) is 133 Å². The molecule has 0 N–H and O–H groups in total. The summed E-state index contributed by atoms with van der Waals surface area (Å²) in [6, 6.07) is 48.0. The molecule has 0 amide bonds. The Hall–Kier alpha value is -4.42. The van der Waals surface area contributed by atoms with E-state index in [4.69, 9.17) is 0 Å². The molecule has 0 heteroatoms. The van der Waals surface area contributed by atoms with Gasteiger partial charge in [-0.1, -0.05) is 177 Å². The molecule has 0 aliphatic rings. The molecular weight excluding hydrogens is 504 g/mol. The van der Waals surface area contributed by atoms with Crippen molar-refractivity contribution in [3.63, 3.8) is 0 Å². The zero-order chi connectivity index (χ0) is 30.5. The van der Waals surface area contributed by atoms with Gasteiger partial charge < -0.3 is 0 Å². The number of hydrogen-bond donors (Lipinski definition) is 0. The average molecular weight is 551 g/mol. The number of fused-ring (bicyclic) bond motifs is 4. The summed E-state index contributed by atoms with van der Waals surface area (Å²) in [6.45, 7) is 16.0. The predicted molar refractivity (Wildman–Crippen MR) is 194 cm³/mol. The van der Waals surface area contributed by atoms with E-state index in [1.807, 2.05) is 55.4 Å². The first-order chi connectivity index (χ1) is 20.8. The minimum Gasteiger partial charge on any atom is -0.0683 e. The molecule has 0 heterocycles. The van der Waals surface area contributed by atoms with Crippen LogP contribution in [0.5, 0.6) is 0 Å². The van der Waals surface area contributed by atoms with Gasteiger partial charge in [0.25, 0.3) is 0 Å². The molecule has 0 aliphatic carbocycles. The van der Waals surface area contributed by atoms with Gasteiger partial charge >= 0.3 is 0 Å². The first-order valence-corrected chi connectivity index (χ1v) is 15.8. The highest BCUT2D eigenvalue weighted by Gasteiger charge is 2.06. The average Bonchev–Trinajstić information content (AvgIpc) is 3.10. The molecule has 0 saturated carbocycles. The lowest BCUT2D eigenvalue weighted by molar-refractivity contribution is 1.50. The summed E-state index contributed by atoms with van der Waals surface area (Å²) >= 11 is 0. The topological polar surface area (TPSA) is 0 Å². The Kier molecular flexibility index (Phi) is 12.3. The summed E-state index contributed by atoms with van der Waals surface area (Å²) in [7, 11) is 0. The molecule has 8 aromatic rings. The maximum absolute atomic E-state index is 2.30. The van der Waals surface area contributed by atoms with Crippen molar-refractivity contribution in [2.45, 2.75) is 55.4 Å². The van der Waals surface area contributed by atoms with Gasteiger partial charge in [-0.3, -0.25) is 0 Å². The Morgan fingerprint density at radius 3 is 1.05 bits per heavy atom. The summed E-state index contributed by atoms with van der Waals surface area (Å²) in [5.74, 6) is 0. The third-order valence-electron chi connectivity index (χ3n) is 7.00. The summed E-state index contributed by atoms with van der Waals surface area (Å²) in [4.78, 5) is 0. The second-order valence-corrected chi connectivity index (χ2v) is 9.00. The minimum absolute atomic E-state index is 1.31. The largest absolute Gasteiger partial charge is 0.0683 e. The van der Waals surface area contributed by atoms with E-state index in [-0.39, 0.29) is 0 Å². The van der Waals surface area contributed by atoms with Gasteiger partial charge in [-0.15, -0.1) is 0 Å².